The van der Waals surface area contributed by atoms with E-state index < -0.39 is 0 Å². The van der Waals surface area contributed by atoms with Gasteiger partial charge in [0.05, 0.1) is 0 Å². The van der Waals surface area contributed by atoms with Gasteiger partial charge in [-0.1, -0.05) is 37.3 Å². The minimum atomic E-state index is 0.00973. The van der Waals surface area contributed by atoms with Crippen molar-refractivity contribution in [1.29, 1.82) is 0 Å². The fraction of sp³-hybridized carbons (Fsp3) is 0.286. The molecule has 1 unspecified atom stereocenters. The molecule has 18 heavy (non-hydrogen) atoms. The van der Waals surface area contributed by atoms with E-state index in [9.17, 15) is 0 Å². The first-order valence-corrected chi connectivity index (χ1v) is 6.85. The highest BCUT2D eigenvalue weighted by atomic mass is 32.1. The van der Waals surface area contributed by atoms with Crippen LogP contribution >= 0.6 is 11.3 Å². The van der Waals surface area contributed by atoms with E-state index in [0.29, 0.717) is 5.84 Å². The third-order valence-electron chi connectivity index (χ3n) is 2.68. The van der Waals surface area contributed by atoms with Crippen molar-refractivity contribution in [2.75, 3.05) is 0 Å². The average Bonchev–Trinajstić information content (AvgIpc) is 2.88. The van der Waals surface area contributed by atoms with E-state index in [-0.39, 0.29) is 6.04 Å². The molecule has 0 radical (unpaired) electrons. The van der Waals surface area contributed by atoms with Crippen LogP contribution in [0.1, 0.15) is 35.3 Å². The Bertz CT molecular complexity index is 531. The number of nitrogens with zero attached hydrogens (tertiary/aromatic N) is 2. The van der Waals surface area contributed by atoms with Crippen molar-refractivity contribution in [2.45, 2.75) is 26.3 Å². The van der Waals surface area contributed by atoms with Crippen molar-refractivity contribution in [2.24, 2.45) is 10.7 Å². The summed E-state index contributed by atoms with van der Waals surface area (Å²) in [6, 6.07) is 9.82. The number of benzene rings is 1. The molecule has 0 bridgehead atoms. The molecule has 94 valence electrons. The topological polar surface area (TPSA) is 51.3 Å². The monoisotopic (exact) mass is 259 g/mol. The van der Waals surface area contributed by atoms with Gasteiger partial charge < -0.3 is 5.73 Å². The van der Waals surface area contributed by atoms with Crippen molar-refractivity contribution >= 4 is 17.2 Å². The molecule has 3 nitrogen and oxygen atoms in total. The van der Waals surface area contributed by atoms with Gasteiger partial charge in [-0.3, -0.25) is 4.99 Å². The zero-order valence-electron chi connectivity index (χ0n) is 10.6. The summed E-state index contributed by atoms with van der Waals surface area (Å²) < 4.78 is 0. The number of hydrogen-bond donors (Lipinski definition) is 1. The van der Waals surface area contributed by atoms with Crippen LogP contribution in [-0.4, -0.2) is 10.8 Å². The van der Waals surface area contributed by atoms with Gasteiger partial charge in [0.2, 0.25) is 0 Å². The lowest BCUT2D eigenvalue weighted by molar-refractivity contribution is 0.807. The van der Waals surface area contributed by atoms with Gasteiger partial charge in [0.25, 0.3) is 0 Å². The number of amidine groups is 1. The Balaban J connectivity index is 2.17. The highest BCUT2D eigenvalue weighted by molar-refractivity contribution is 7.11. The normalized spacial score (nSPS) is 13.6. The first-order chi connectivity index (χ1) is 8.70. The average molecular weight is 259 g/mol. The number of hydrogen-bond acceptors (Lipinski definition) is 3. The number of thiazole rings is 1. The Labute approximate surface area is 111 Å². The van der Waals surface area contributed by atoms with Crippen molar-refractivity contribution in [1.82, 2.24) is 4.98 Å². The van der Waals surface area contributed by atoms with Crippen LogP contribution in [0.3, 0.4) is 0 Å². The van der Waals surface area contributed by atoms with Crippen molar-refractivity contribution in [3.8, 4) is 0 Å². The Kier molecular flexibility index (Phi) is 4.10. The summed E-state index contributed by atoms with van der Waals surface area (Å²) in [4.78, 5) is 10.2. The maximum atomic E-state index is 6.00. The Hall–Kier alpha value is -1.68. The maximum Gasteiger partial charge on any atom is 0.126 e. The van der Waals surface area contributed by atoms with Crippen LogP contribution in [0.5, 0.6) is 0 Å². The fourth-order valence-corrected chi connectivity index (χ4v) is 2.47. The van der Waals surface area contributed by atoms with Crippen LogP contribution in [0, 0.1) is 0 Å². The van der Waals surface area contributed by atoms with E-state index in [1.54, 1.807) is 11.3 Å². The lowest BCUT2D eigenvalue weighted by atomic mass is 10.2. The molecule has 0 saturated heterocycles. The van der Waals surface area contributed by atoms with E-state index in [4.69, 9.17) is 5.73 Å². The molecule has 1 aromatic carbocycles. The first kappa shape index (κ1) is 12.8. The molecule has 1 heterocycles. The molecule has 2 N–H and O–H groups in total. The van der Waals surface area contributed by atoms with Crippen LogP contribution in [-0.2, 0) is 6.42 Å². The summed E-state index contributed by atoms with van der Waals surface area (Å²) in [7, 11) is 0. The Morgan fingerprint density at radius 1 is 1.39 bits per heavy atom. The van der Waals surface area contributed by atoms with Gasteiger partial charge in [0.1, 0.15) is 16.9 Å². The number of rotatable bonds is 4. The third kappa shape index (κ3) is 2.96. The largest absolute Gasteiger partial charge is 0.383 e. The smallest absolute Gasteiger partial charge is 0.126 e. The molecule has 0 aliphatic rings. The van der Waals surface area contributed by atoms with E-state index in [0.717, 1.165) is 17.0 Å². The van der Waals surface area contributed by atoms with Crippen molar-refractivity contribution < 1.29 is 0 Å². The molecular weight excluding hydrogens is 242 g/mol. The standard InChI is InChI=1S/C14H17N3S/c1-3-12-9-16-14(18-12)10(2)17-13(15)11-7-5-4-6-8-11/h4-10H,3H2,1-2H3,(H2,15,17). The molecular formula is C14H17N3S. The molecule has 4 heteroatoms. The zero-order valence-corrected chi connectivity index (χ0v) is 11.4. The lowest BCUT2D eigenvalue weighted by Gasteiger charge is -2.05. The minimum Gasteiger partial charge on any atom is -0.383 e. The van der Waals surface area contributed by atoms with Crippen molar-refractivity contribution in [3.05, 3.63) is 52.0 Å². The number of aliphatic imine (C=N–C) groups is 1. The van der Waals surface area contributed by atoms with Gasteiger partial charge in [-0.25, -0.2) is 4.98 Å². The highest BCUT2D eigenvalue weighted by Crippen LogP contribution is 2.23. The Morgan fingerprint density at radius 3 is 2.72 bits per heavy atom. The summed E-state index contributed by atoms with van der Waals surface area (Å²) >= 11 is 1.70. The van der Waals surface area contributed by atoms with Gasteiger partial charge in [-0.15, -0.1) is 11.3 Å². The molecule has 0 fully saturated rings. The minimum absolute atomic E-state index is 0.00973. The summed E-state index contributed by atoms with van der Waals surface area (Å²) in [6.45, 7) is 4.15. The third-order valence-corrected chi connectivity index (χ3v) is 3.99. The van der Waals surface area contributed by atoms with Gasteiger partial charge in [-0.05, 0) is 13.3 Å². The van der Waals surface area contributed by atoms with Gasteiger partial charge >= 0.3 is 0 Å². The van der Waals surface area contributed by atoms with Crippen LogP contribution in [0.2, 0.25) is 0 Å². The van der Waals surface area contributed by atoms with Crippen LogP contribution in [0.25, 0.3) is 0 Å². The summed E-state index contributed by atoms with van der Waals surface area (Å²) in [5, 5.41) is 1.02. The molecule has 2 rings (SSSR count). The summed E-state index contributed by atoms with van der Waals surface area (Å²) in [6.07, 6.45) is 2.94. The van der Waals surface area contributed by atoms with Gasteiger partial charge in [0, 0.05) is 16.6 Å². The predicted octanol–water partition coefficient (Wildman–Crippen LogP) is 3.17. The van der Waals surface area contributed by atoms with E-state index in [1.807, 2.05) is 43.5 Å². The van der Waals surface area contributed by atoms with E-state index in [1.165, 1.54) is 4.88 Å². The quantitative estimate of drug-likeness (QED) is 0.677. The SMILES string of the molecule is CCc1cnc(C(C)N=C(N)c2ccccc2)s1. The highest BCUT2D eigenvalue weighted by Gasteiger charge is 2.09. The Morgan fingerprint density at radius 2 is 2.11 bits per heavy atom. The lowest BCUT2D eigenvalue weighted by Crippen LogP contribution is -2.14. The van der Waals surface area contributed by atoms with Crippen LogP contribution in [0.15, 0.2) is 41.5 Å². The summed E-state index contributed by atoms with van der Waals surface area (Å²) in [5.41, 5.74) is 6.95. The second-order valence-electron chi connectivity index (χ2n) is 4.07. The number of nitrogens with two attached hydrogens (primary N) is 1. The molecule has 0 aliphatic carbocycles. The van der Waals surface area contributed by atoms with Crippen LogP contribution in [0.4, 0.5) is 0 Å². The zero-order chi connectivity index (χ0) is 13.0. The molecule has 1 aromatic heterocycles. The van der Waals surface area contributed by atoms with Crippen LogP contribution < -0.4 is 5.73 Å². The van der Waals surface area contributed by atoms with E-state index >= 15 is 0 Å². The predicted molar refractivity (Wildman–Crippen MR) is 77.1 cm³/mol. The molecule has 0 amide bonds. The fourth-order valence-electron chi connectivity index (χ4n) is 1.63. The van der Waals surface area contributed by atoms with Gasteiger partial charge in [0.15, 0.2) is 0 Å². The van der Waals surface area contributed by atoms with E-state index in [2.05, 4.69) is 16.9 Å². The first-order valence-electron chi connectivity index (χ1n) is 6.04. The second-order valence-corrected chi connectivity index (χ2v) is 5.22. The summed E-state index contributed by atoms with van der Waals surface area (Å²) in [5.74, 6) is 0.566. The number of aromatic nitrogens is 1. The van der Waals surface area contributed by atoms with Gasteiger partial charge in [-0.2, -0.15) is 0 Å². The molecule has 0 spiro atoms. The molecule has 2 aromatic rings. The second kappa shape index (κ2) is 5.78. The molecule has 0 aliphatic heterocycles. The number of aryl methyl sites for hydroxylation is 1. The van der Waals surface area contributed by atoms with Crippen molar-refractivity contribution in [3.63, 3.8) is 0 Å². The maximum absolute atomic E-state index is 6.00. The molecule has 1 atom stereocenters. The molecule has 0 saturated carbocycles.